The van der Waals surface area contributed by atoms with E-state index in [0.717, 1.165) is 25.1 Å². The molecule has 14 heavy (non-hydrogen) atoms. The second kappa shape index (κ2) is 3.44. The summed E-state index contributed by atoms with van der Waals surface area (Å²) in [5.74, 6) is 0.275. The van der Waals surface area contributed by atoms with E-state index in [4.69, 9.17) is 15.7 Å². The van der Waals surface area contributed by atoms with Crippen LogP contribution in [-0.4, -0.2) is 30.7 Å². The normalized spacial score (nSPS) is 20.6. The number of hydrogen-bond acceptors (Lipinski definition) is 2. The van der Waals surface area contributed by atoms with Gasteiger partial charge in [0.1, 0.15) is 0 Å². The third-order valence-corrected chi connectivity index (χ3v) is 2.78. The van der Waals surface area contributed by atoms with Crippen LogP contribution in [0.4, 0.5) is 0 Å². The smallest absolute Gasteiger partial charge is 0.0847 e. The zero-order valence-corrected chi connectivity index (χ0v) is 8.48. The standard InChI is InChI=1S/C9H13B2N3/c1-7(4-10)8-5-14(13-12-8)6-9(11)2-3-9/h5,7H,2-4,6H2,1H3. The molecule has 1 aromatic rings. The van der Waals surface area contributed by atoms with Crippen molar-refractivity contribution in [2.45, 2.75) is 43.9 Å². The topological polar surface area (TPSA) is 30.7 Å². The van der Waals surface area contributed by atoms with Crippen molar-refractivity contribution in [3.05, 3.63) is 11.9 Å². The molecular weight excluding hydrogens is 172 g/mol. The number of aromatic nitrogens is 3. The molecule has 1 heterocycles. The van der Waals surface area contributed by atoms with E-state index in [1.54, 1.807) is 0 Å². The molecule has 1 aliphatic carbocycles. The van der Waals surface area contributed by atoms with Crippen molar-refractivity contribution < 1.29 is 0 Å². The van der Waals surface area contributed by atoms with E-state index in [9.17, 15) is 0 Å². The molecule has 70 valence electrons. The third kappa shape index (κ3) is 2.02. The van der Waals surface area contributed by atoms with Crippen LogP contribution in [0.2, 0.25) is 11.6 Å². The SMILES string of the molecule is [B]CC(C)c1cn(CC2([B])CC2)nn1. The highest BCUT2D eigenvalue weighted by atomic mass is 15.4. The van der Waals surface area contributed by atoms with Crippen LogP contribution in [-0.2, 0) is 6.54 Å². The van der Waals surface area contributed by atoms with Gasteiger partial charge in [0.05, 0.1) is 21.4 Å². The van der Waals surface area contributed by atoms with Crippen molar-refractivity contribution in [3.8, 4) is 0 Å². The fraction of sp³-hybridized carbons (Fsp3) is 0.778. The van der Waals surface area contributed by atoms with Gasteiger partial charge in [0.15, 0.2) is 0 Å². The van der Waals surface area contributed by atoms with Crippen LogP contribution in [0, 0.1) is 0 Å². The summed E-state index contributed by atoms with van der Waals surface area (Å²) in [6, 6.07) is 0. The monoisotopic (exact) mass is 185 g/mol. The Morgan fingerprint density at radius 1 is 1.64 bits per heavy atom. The maximum atomic E-state index is 5.98. The molecule has 1 aliphatic rings. The van der Waals surface area contributed by atoms with Crippen LogP contribution in [0.15, 0.2) is 6.20 Å². The fourth-order valence-corrected chi connectivity index (χ4v) is 1.38. The summed E-state index contributed by atoms with van der Waals surface area (Å²) in [5.41, 5.74) is 0.955. The number of nitrogens with zero attached hydrogens (tertiary/aromatic N) is 3. The summed E-state index contributed by atoms with van der Waals surface area (Å²) in [7, 11) is 11.5. The molecule has 0 spiro atoms. The van der Waals surface area contributed by atoms with Gasteiger partial charge in [-0.2, -0.15) is 0 Å². The van der Waals surface area contributed by atoms with Gasteiger partial charge in [-0.25, -0.2) is 0 Å². The van der Waals surface area contributed by atoms with Crippen LogP contribution in [0.1, 0.15) is 31.4 Å². The molecule has 0 aliphatic heterocycles. The molecule has 0 aromatic carbocycles. The molecule has 2 rings (SSSR count). The van der Waals surface area contributed by atoms with Crippen molar-refractivity contribution in [1.82, 2.24) is 15.0 Å². The number of hydrogen-bond donors (Lipinski definition) is 0. The summed E-state index contributed by atoms with van der Waals surface area (Å²) < 4.78 is 1.83. The minimum absolute atomic E-state index is 0.0169. The molecule has 1 atom stereocenters. The second-order valence-corrected chi connectivity index (χ2v) is 4.34. The average molecular weight is 185 g/mol. The fourth-order valence-electron chi connectivity index (χ4n) is 1.38. The maximum absolute atomic E-state index is 5.98. The van der Waals surface area contributed by atoms with Gasteiger partial charge in [0, 0.05) is 12.7 Å². The predicted octanol–water partition coefficient (Wildman–Crippen LogP) is 1.09. The molecule has 3 nitrogen and oxygen atoms in total. The van der Waals surface area contributed by atoms with Crippen molar-refractivity contribution in [2.75, 3.05) is 0 Å². The van der Waals surface area contributed by atoms with Crippen LogP contribution in [0.25, 0.3) is 0 Å². The lowest BCUT2D eigenvalue weighted by molar-refractivity contribution is 0.555. The molecule has 1 fully saturated rings. The molecule has 1 aromatic heterocycles. The number of rotatable bonds is 4. The Balaban J connectivity index is 2.02. The van der Waals surface area contributed by atoms with E-state index >= 15 is 0 Å². The Morgan fingerprint density at radius 3 is 2.93 bits per heavy atom. The van der Waals surface area contributed by atoms with Crippen molar-refractivity contribution in [3.63, 3.8) is 0 Å². The van der Waals surface area contributed by atoms with Crippen molar-refractivity contribution >= 4 is 15.7 Å². The van der Waals surface area contributed by atoms with Gasteiger partial charge in [-0.3, -0.25) is 4.68 Å². The van der Waals surface area contributed by atoms with E-state index in [2.05, 4.69) is 10.3 Å². The van der Waals surface area contributed by atoms with E-state index in [1.165, 1.54) is 0 Å². The molecule has 0 N–H and O–H groups in total. The van der Waals surface area contributed by atoms with E-state index in [1.807, 2.05) is 17.8 Å². The lowest BCUT2D eigenvalue weighted by Crippen LogP contribution is -2.06. The average Bonchev–Trinajstić information content (AvgIpc) is 2.71. The summed E-state index contributed by atoms with van der Waals surface area (Å²) in [4.78, 5) is 0. The summed E-state index contributed by atoms with van der Waals surface area (Å²) in [6.45, 7) is 2.82. The maximum Gasteiger partial charge on any atom is 0.0847 e. The highest BCUT2D eigenvalue weighted by Crippen LogP contribution is 2.51. The lowest BCUT2D eigenvalue weighted by atomic mass is 9.83. The van der Waals surface area contributed by atoms with Crippen LogP contribution in [0.5, 0.6) is 0 Å². The third-order valence-electron chi connectivity index (χ3n) is 2.78. The molecule has 4 radical (unpaired) electrons. The van der Waals surface area contributed by atoms with E-state index in [0.29, 0.717) is 6.32 Å². The quantitative estimate of drug-likeness (QED) is 0.657. The summed E-state index contributed by atoms with van der Waals surface area (Å²) >= 11 is 0. The Hall–Kier alpha value is -0.730. The highest BCUT2D eigenvalue weighted by molar-refractivity contribution is 6.17. The van der Waals surface area contributed by atoms with Gasteiger partial charge in [-0.15, -0.1) is 5.10 Å². The highest BCUT2D eigenvalue weighted by Gasteiger charge is 2.37. The molecule has 0 saturated heterocycles. The Morgan fingerprint density at radius 2 is 2.36 bits per heavy atom. The molecular formula is C9H13B2N3. The Kier molecular flexibility index (Phi) is 2.41. The van der Waals surface area contributed by atoms with Gasteiger partial charge in [-0.1, -0.05) is 31.3 Å². The largest absolute Gasteiger partial charge is 0.252 e. The molecule has 5 heteroatoms. The molecule has 0 bridgehead atoms. The van der Waals surface area contributed by atoms with Crippen molar-refractivity contribution in [2.24, 2.45) is 0 Å². The van der Waals surface area contributed by atoms with Gasteiger partial charge in [-0.05, 0) is 11.2 Å². The first kappa shape index (κ1) is 9.81. The Labute approximate surface area is 87.1 Å². The minimum atomic E-state index is -0.0169. The van der Waals surface area contributed by atoms with Crippen molar-refractivity contribution in [1.29, 1.82) is 0 Å². The van der Waals surface area contributed by atoms with Gasteiger partial charge < -0.3 is 0 Å². The molecule has 0 amide bonds. The zero-order chi connectivity index (χ0) is 10.2. The summed E-state index contributed by atoms with van der Waals surface area (Å²) in [6.07, 6.45) is 4.74. The Bertz CT molecular complexity index is 320. The van der Waals surface area contributed by atoms with Crippen LogP contribution in [0.3, 0.4) is 0 Å². The first-order valence-corrected chi connectivity index (χ1v) is 5.02. The van der Waals surface area contributed by atoms with Gasteiger partial charge in [0.2, 0.25) is 0 Å². The molecule has 1 saturated carbocycles. The first-order chi connectivity index (χ1) is 6.63. The summed E-state index contributed by atoms with van der Waals surface area (Å²) in [5, 5.41) is 8.10. The second-order valence-electron chi connectivity index (χ2n) is 4.34. The predicted molar refractivity (Wildman–Crippen MR) is 56.7 cm³/mol. The minimum Gasteiger partial charge on any atom is -0.252 e. The van der Waals surface area contributed by atoms with Crippen LogP contribution >= 0.6 is 0 Å². The molecule has 1 unspecified atom stereocenters. The van der Waals surface area contributed by atoms with Crippen LogP contribution < -0.4 is 0 Å². The van der Waals surface area contributed by atoms with Gasteiger partial charge >= 0.3 is 0 Å². The van der Waals surface area contributed by atoms with Gasteiger partial charge in [0.25, 0.3) is 0 Å². The zero-order valence-electron chi connectivity index (χ0n) is 8.48. The van der Waals surface area contributed by atoms with E-state index in [-0.39, 0.29) is 11.2 Å². The first-order valence-electron chi connectivity index (χ1n) is 5.02. The lowest BCUT2D eigenvalue weighted by Gasteiger charge is -2.06. The van der Waals surface area contributed by atoms with E-state index < -0.39 is 0 Å².